The highest BCUT2D eigenvalue weighted by atomic mass is 16.2. The highest BCUT2D eigenvalue weighted by molar-refractivity contribution is 6.03. The Labute approximate surface area is 228 Å². The third-order valence-electron chi connectivity index (χ3n) is 4.85. The molecule has 0 radical (unpaired) electrons. The van der Waals surface area contributed by atoms with Crippen LogP contribution in [0, 0.1) is 5.92 Å². The van der Waals surface area contributed by atoms with Gasteiger partial charge in [-0.25, -0.2) is 0 Å². The van der Waals surface area contributed by atoms with E-state index in [4.69, 9.17) is 0 Å². The number of rotatable bonds is 10. The lowest BCUT2D eigenvalue weighted by Crippen LogP contribution is -2.46. The van der Waals surface area contributed by atoms with Crippen molar-refractivity contribution in [3.63, 3.8) is 0 Å². The minimum Gasteiger partial charge on any atom is -0.347 e. The Morgan fingerprint density at radius 3 is 2.03 bits per heavy atom. The summed E-state index contributed by atoms with van der Waals surface area (Å²) in [5.74, 6) is -2.32. The van der Waals surface area contributed by atoms with Crippen LogP contribution in [0.2, 0.25) is 0 Å². The molecule has 5 amide bonds. The number of carbonyl (C=O) groups excluding carboxylic acids is 5. The minimum absolute atomic E-state index is 0.0125. The lowest BCUT2D eigenvalue weighted by Gasteiger charge is -2.16. The van der Waals surface area contributed by atoms with Crippen molar-refractivity contribution in [1.82, 2.24) is 20.9 Å². The molecule has 216 valence electrons. The second-order valence-corrected chi connectivity index (χ2v) is 8.23. The second-order valence-electron chi connectivity index (χ2n) is 8.23. The molecule has 38 heavy (non-hydrogen) atoms. The second kappa shape index (κ2) is 21.8. The Morgan fingerprint density at radius 2 is 1.55 bits per heavy atom. The summed E-state index contributed by atoms with van der Waals surface area (Å²) < 4.78 is 0. The Kier molecular flexibility index (Phi) is 21.1. The fourth-order valence-electron chi connectivity index (χ4n) is 3.08. The molecule has 10 nitrogen and oxygen atoms in total. The maximum atomic E-state index is 12.2. The Hall–Kier alpha value is -3.27. The molecule has 0 bridgehead atoms. The summed E-state index contributed by atoms with van der Waals surface area (Å²) in [5, 5.41) is 10.7. The highest BCUT2D eigenvalue weighted by Gasteiger charge is 2.35. The zero-order valence-corrected chi connectivity index (χ0v) is 24.7. The van der Waals surface area contributed by atoms with Gasteiger partial charge < -0.3 is 21.3 Å². The van der Waals surface area contributed by atoms with Crippen LogP contribution in [0.5, 0.6) is 0 Å². The molecular weight excluding hydrogens is 486 g/mol. The van der Waals surface area contributed by atoms with E-state index in [2.05, 4.69) is 35.1 Å². The maximum Gasteiger partial charge on any atom is 0.246 e. The van der Waals surface area contributed by atoms with Crippen LogP contribution in [0.4, 0.5) is 5.69 Å². The van der Waals surface area contributed by atoms with Gasteiger partial charge in [0.25, 0.3) is 0 Å². The fourth-order valence-corrected chi connectivity index (χ4v) is 3.08. The predicted octanol–water partition coefficient (Wildman–Crippen LogP) is 3.22. The van der Waals surface area contributed by atoms with E-state index in [0.717, 1.165) is 17.0 Å². The molecule has 1 aromatic rings. The van der Waals surface area contributed by atoms with Gasteiger partial charge in [-0.2, -0.15) is 0 Å². The van der Waals surface area contributed by atoms with E-state index >= 15 is 0 Å². The maximum absolute atomic E-state index is 12.2. The quantitative estimate of drug-likeness (QED) is 0.340. The first kappa shape index (κ1) is 36.9. The van der Waals surface area contributed by atoms with Crippen LogP contribution in [0.1, 0.15) is 80.2 Å². The highest BCUT2D eigenvalue weighted by Crippen LogP contribution is 2.18. The van der Waals surface area contributed by atoms with Crippen LogP contribution in [0.25, 0.3) is 0 Å². The van der Waals surface area contributed by atoms with Crippen LogP contribution in [-0.2, 0) is 30.5 Å². The number of carbonyl (C=O) groups is 5. The molecule has 1 heterocycles. The SMILES string of the molecule is CC.CC.CCC.CNCc1ccc(NC(=O)C(C)NC(=O)CNC(=O)CCN2C(=O)CC(C)C2=O)cc1. The largest absolute Gasteiger partial charge is 0.347 e. The summed E-state index contributed by atoms with van der Waals surface area (Å²) in [6, 6.07) is 6.51. The van der Waals surface area contributed by atoms with Crippen molar-refractivity contribution in [3.8, 4) is 0 Å². The van der Waals surface area contributed by atoms with Gasteiger partial charge in [-0.3, -0.25) is 28.9 Å². The third-order valence-corrected chi connectivity index (χ3v) is 4.85. The van der Waals surface area contributed by atoms with Gasteiger partial charge >= 0.3 is 0 Å². The number of benzene rings is 1. The van der Waals surface area contributed by atoms with Crippen molar-refractivity contribution in [2.24, 2.45) is 5.92 Å². The average Bonchev–Trinajstić information content (AvgIpc) is 3.15. The van der Waals surface area contributed by atoms with Gasteiger partial charge in [0.2, 0.25) is 29.5 Å². The number of amides is 5. The normalized spacial score (nSPS) is 14.4. The van der Waals surface area contributed by atoms with Gasteiger partial charge in [0.1, 0.15) is 6.04 Å². The van der Waals surface area contributed by atoms with E-state index in [1.165, 1.54) is 13.3 Å². The van der Waals surface area contributed by atoms with Crippen molar-refractivity contribution in [3.05, 3.63) is 29.8 Å². The first-order valence-electron chi connectivity index (χ1n) is 13.6. The van der Waals surface area contributed by atoms with E-state index in [1.54, 1.807) is 19.1 Å². The van der Waals surface area contributed by atoms with Crippen LogP contribution >= 0.6 is 0 Å². The molecule has 2 unspecified atom stereocenters. The zero-order chi connectivity index (χ0) is 29.7. The topological polar surface area (TPSA) is 137 Å². The summed E-state index contributed by atoms with van der Waals surface area (Å²) in [7, 11) is 1.85. The molecule has 0 saturated carbocycles. The summed E-state index contributed by atoms with van der Waals surface area (Å²) in [4.78, 5) is 60.8. The lowest BCUT2D eigenvalue weighted by atomic mass is 10.1. The molecule has 0 spiro atoms. The third kappa shape index (κ3) is 14.5. The lowest BCUT2D eigenvalue weighted by molar-refractivity contribution is -0.139. The Bertz CT molecular complexity index is 858. The first-order valence-corrected chi connectivity index (χ1v) is 13.6. The van der Waals surface area contributed by atoms with Gasteiger partial charge in [0.15, 0.2) is 0 Å². The molecule has 1 aromatic carbocycles. The van der Waals surface area contributed by atoms with Crippen molar-refractivity contribution in [2.45, 2.75) is 87.2 Å². The van der Waals surface area contributed by atoms with Crippen LogP contribution in [0.15, 0.2) is 24.3 Å². The van der Waals surface area contributed by atoms with Gasteiger partial charge in [-0.05, 0) is 31.7 Å². The smallest absolute Gasteiger partial charge is 0.246 e. The number of nitrogens with one attached hydrogen (secondary N) is 4. The number of anilines is 1. The molecule has 1 saturated heterocycles. The zero-order valence-electron chi connectivity index (χ0n) is 24.7. The molecule has 0 aliphatic carbocycles. The van der Waals surface area contributed by atoms with Gasteiger partial charge in [0, 0.05) is 37.5 Å². The van der Waals surface area contributed by atoms with Gasteiger partial charge in [-0.15, -0.1) is 0 Å². The van der Waals surface area contributed by atoms with Crippen molar-refractivity contribution >= 4 is 35.2 Å². The van der Waals surface area contributed by atoms with Crippen LogP contribution < -0.4 is 21.3 Å². The van der Waals surface area contributed by atoms with Crippen LogP contribution in [-0.4, -0.2) is 60.6 Å². The van der Waals surface area contributed by atoms with E-state index in [-0.39, 0.29) is 49.6 Å². The molecule has 4 N–H and O–H groups in total. The first-order chi connectivity index (χ1) is 18.1. The molecule has 0 aromatic heterocycles. The Morgan fingerprint density at radius 1 is 1.00 bits per heavy atom. The predicted molar refractivity (Wildman–Crippen MR) is 152 cm³/mol. The molecule has 2 rings (SSSR count). The number of likely N-dealkylation sites (tertiary alicyclic amines) is 1. The summed E-state index contributed by atoms with van der Waals surface area (Å²) in [5.41, 5.74) is 1.69. The summed E-state index contributed by atoms with van der Waals surface area (Å²) in [6.07, 6.45) is 1.32. The average molecular weight is 536 g/mol. The molecule has 1 aliphatic heterocycles. The molecular formula is C28H49N5O5. The summed E-state index contributed by atoms with van der Waals surface area (Å²) >= 11 is 0. The summed E-state index contributed by atoms with van der Waals surface area (Å²) in [6.45, 7) is 15.8. The minimum atomic E-state index is -0.803. The van der Waals surface area contributed by atoms with Crippen molar-refractivity contribution < 1.29 is 24.0 Å². The number of nitrogens with zero attached hydrogens (tertiary/aromatic N) is 1. The molecule has 2 atom stereocenters. The van der Waals surface area contributed by atoms with E-state index < -0.39 is 17.9 Å². The van der Waals surface area contributed by atoms with Crippen LogP contribution in [0.3, 0.4) is 0 Å². The number of hydrogen-bond donors (Lipinski definition) is 4. The molecule has 10 heteroatoms. The van der Waals surface area contributed by atoms with Gasteiger partial charge in [-0.1, -0.05) is 67.0 Å². The van der Waals surface area contributed by atoms with Crippen molar-refractivity contribution in [1.29, 1.82) is 0 Å². The molecule has 1 fully saturated rings. The Balaban J connectivity index is 0. The number of hydrogen-bond acceptors (Lipinski definition) is 6. The monoisotopic (exact) mass is 535 g/mol. The fraction of sp³-hybridized carbons (Fsp3) is 0.607. The van der Waals surface area contributed by atoms with E-state index in [1.807, 2.05) is 46.9 Å². The van der Waals surface area contributed by atoms with Crippen molar-refractivity contribution in [2.75, 3.05) is 25.5 Å². The number of imide groups is 1. The standard InChI is InChI=1S/C21H29N5O5.C3H8.2C2H6/c1-13-10-19(29)26(21(13)31)9-8-17(27)23-12-18(28)24-14(2)20(30)25-16-6-4-15(5-7-16)11-22-3;1-3-2;2*1-2/h4-7,13-14,22H,8-12H2,1-3H3,(H,23,27)(H,24,28)(H,25,30);3H2,1-2H3;2*1-2H3. The van der Waals surface area contributed by atoms with E-state index in [0.29, 0.717) is 5.69 Å². The van der Waals surface area contributed by atoms with Gasteiger partial charge in [0.05, 0.1) is 6.54 Å². The molecule has 1 aliphatic rings. The van der Waals surface area contributed by atoms with E-state index in [9.17, 15) is 24.0 Å².